The number of hydrogen-bond donors (Lipinski definition) is 0. The van der Waals surface area contributed by atoms with Crippen LogP contribution in [0.4, 0.5) is 9.59 Å². The minimum absolute atomic E-state index is 0.111. The third-order valence-electron chi connectivity index (χ3n) is 4.56. The van der Waals surface area contributed by atoms with E-state index in [9.17, 15) is 9.59 Å². The van der Waals surface area contributed by atoms with Gasteiger partial charge in [0.25, 0.3) is 0 Å². The molecule has 8 heteroatoms. The maximum Gasteiger partial charge on any atom is 0.508 e. The standard InChI is InChI=1S/C19H34O8/c1-4-15(23-3)14-25-19(21)27-17-9-6-5-8-16(10-7-11-17)26-18(20)24-13-12-22-2/h15-17H,4-14H2,1-3H3. The zero-order valence-corrected chi connectivity index (χ0v) is 16.8. The van der Waals surface area contributed by atoms with Crippen molar-refractivity contribution in [1.29, 1.82) is 0 Å². The van der Waals surface area contributed by atoms with Crippen LogP contribution in [0.3, 0.4) is 0 Å². The summed E-state index contributed by atoms with van der Waals surface area (Å²) >= 11 is 0. The zero-order valence-electron chi connectivity index (χ0n) is 16.8. The van der Waals surface area contributed by atoms with Crippen molar-refractivity contribution in [3.8, 4) is 0 Å². The van der Waals surface area contributed by atoms with E-state index >= 15 is 0 Å². The molecule has 0 amide bonds. The lowest BCUT2D eigenvalue weighted by Crippen LogP contribution is -2.24. The number of carbonyl (C=O) groups excluding carboxylic acids is 2. The first-order valence-corrected chi connectivity index (χ1v) is 9.77. The normalized spacial score (nSPS) is 21.9. The summed E-state index contributed by atoms with van der Waals surface area (Å²) in [4.78, 5) is 23.5. The van der Waals surface area contributed by atoms with Gasteiger partial charge in [0.1, 0.15) is 25.4 Å². The highest BCUT2D eigenvalue weighted by Crippen LogP contribution is 2.22. The molecular weight excluding hydrogens is 356 g/mol. The van der Waals surface area contributed by atoms with E-state index in [4.69, 9.17) is 28.4 Å². The van der Waals surface area contributed by atoms with Crippen LogP contribution in [0.2, 0.25) is 0 Å². The number of carbonyl (C=O) groups is 2. The van der Waals surface area contributed by atoms with Gasteiger partial charge in [-0.2, -0.15) is 0 Å². The molecule has 0 saturated heterocycles. The highest BCUT2D eigenvalue weighted by molar-refractivity contribution is 5.60. The molecule has 8 nitrogen and oxygen atoms in total. The van der Waals surface area contributed by atoms with E-state index in [-0.39, 0.29) is 31.5 Å². The number of rotatable bonds is 9. The van der Waals surface area contributed by atoms with Gasteiger partial charge in [-0.3, -0.25) is 0 Å². The molecule has 27 heavy (non-hydrogen) atoms. The molecule has 1 saturated carbocycles. The Morgan fingerprint density at radius 3 is 1.93 bits per heavy atom. The van der Waals surface area contributed by atoms with E-state index in [2.05, 4.69) is 0 Å². The van der Waals surface area contributed by atoms with Crippen molar-refractivity contribution < 1.29 is 38.0 Å². The second kappa shape index (κ2) is 14.5. The molecule has 3 atom stereocenters. The summed E-state index contributed by atoms with van der Waals surface area (Å²) in [5.41, 5.74) is 0. The average molecular weight is 390 g/mol. The first-order chi connectivity index (χ1) is 13.1. The third kappa shape index (κ3) is 11.0. The molecule has 0 bridgehead atoms. The Kier molecular flexibility index (Phi) is 12.6. The molecule has 0 spiro atoms. The van der Waals surface area contributed by atoms with Gasteiger partial charge in [0, 0.05) is 14.2 Å². The molecule has 0 aliphatic heterocycles. The predicted octanol–water partition coefficient (Wildman–Crippen LogP) is 3.85. The van der Waals surface area contributed by atoms with Gasteiger partial charge in [0.15, 0.2) is 0 Å². The van der Waals surface area contributed by atoms with E-state index in [1.807, 2.05) is 6.92 Å². The summed E-state index contributed by atoms with van der Waals surface area (Å²) in [7, 11) is 3.13. The van der Waals surface area contributed by atoms with Crippen molar-refractivity contribution in [2.75, 3.05) is 34.0 Å². The second-order valence-electron chi connectivity index (χ2n) is 6.61. The van der Waals surface area contributed by atoms with E-state index in [1.54, 1.807) is 14.2 Å². The first-order valence-electron chi connectivity index (χ1n) is 9.77. The van der Waals surface area contributed by atoms with Gasteiger partial charge in [-0.25, -0.2) is 9.59 Å². The number of ether oxygens (including phenoxy) is 6. The maximum atomic E-state index is 11.9. The number of hydrogen-bond acceptors (Lipinski definition) is 8. The minimum Gasteiger partial charge on any atom is -0.432 e. The topological polar surface area (TPSA) is 89.5 Å². The van der Waals surface area contributed by atoms with Gasteiger partial charge in [-0.05, 0) is 51.4 Å². The van der Waals surface area contributed by atoms with E-state index in [0.29, 0.717) is 6.61 Å². The fourth-order valence-corrected chi connectivity index (χ4v) is 2.90. The van der Waals surface area contributed by atoms with Crippen LogP contribution < -0.4 is 0 Å². The van der Waals surface area contributed by atoms with Gasteiger partial charge >= 0.3 is 12.3 Å². The summed E-state index contributed by atoms with van der Waals surface area (Å²) in [6, 6.07) is 0. The SMILES string of the molecule is CCC(COC(=O)OC1CCCCC(OC(=O)OCCOC)CCC1)OC. The van der Waals surface area contributed by atoms with Crippen molar-refractivity contribution in [3.63, 3.8) is 0 Å². The molecule has 1 aliphatic rings. The molecule has 158 valence electrons. The van der Waals surface area contributed by atoms with Crippen LogP contribution in [-0.2, 0) is 28.4 Å². The van der Waals surface area contributed by atoms with E-state index < -0.39 is 12.3 Å². The second-order valence-corrected chi connectivity index (χ2v) is 6.61. The van der Waals surface area contributed by atoms with Gasteiger partial charge in [-0.15, -0.1) is 0 Å². The molecule has 0 aromatic rings. The molecule has 0 radical (unpaired) electrons. The Morgan fingerprint density at radius 1 is 0.852 bits per heavy atom. The smallest absolute Gasteiger partial charge is 0.432 e. The fourth-order valence-electron chi connectivity index (χ4n) is 2.90. The van der Waals surface area contributed by atoms with Gasteiger partial charge in [0.2, 0.25) is 0 Å². The Hall–Kier alpha value is -1.54. The molecule has 1 aliphatic carbocycles. The Labute approximate surface area is 161 Å². The van der Waals surface area contributed by atoms with E-state index in [0.717, 1.165) is 51.4 Å². The molecule has 1 fully saturated rings. The number of methoxy groups -OCH3 is 2. The lowest BCUT2D eigenvalue weighted by molar-refractivity contribution is -0.0178. The molecule has 0 aromatic heterocycles. The van der Waals surface area contributed by atoms with Gasteiger partial charge in [-0.1, -0.05) is 6.92 Å². The van der Waals surface area contributed by atoms with Crippen LogP contribution >= 0.6 is 0 Å². The highest BCUT2D eigenvalue weighted by atomic mass is 16.7. The first kappa shape index (κ1) is 23.5. The van der Waals surface area contributed by atoms with Crippen molar-refractivity contribution in [2.24, 2.45) is 0 Å². The average Bonchev–Trinajstić information content (AvgIpc) is 2.75. The Morgan fingerprint density at radius 2 is 1.41 bits per heavy atom. The van der Waals surface area contributed by atoms with Crippen molar-refractivity contribution >= 4 is 12.3 Å². The molecule has 0 aromatic carbocycles. The fraction of sp³-hybridized carbons (Fsp3) is 0.895. The minimum atomic E-state index is -0.656. The Balaban J connectivity index is 2.31. The third-order valence-corrected chi connectivity index (χ3v) is 4.56. The van der Waals surface area contributed by atoms with Crippen LogP contribution in [0.15, 0.2) is 0 Å². The van der Waals surface area contributed by atoms with Crippen LogP contribution in [-0.4, -0.2) is 64.7 Å². The quantitative estimate of drug-likeness (QED) is 0.433. The zero-order chi connectivity index (χ0) is 19.9. The summed E-state index contributed by atoms with van der Waals surface area (Å²) in [6.07, 6.45) is 4.59. The van der Waals surface area contributed by atoms with E-state index in [1.165, 1.54) is 0 Å². The molecular formula is C19H34O8. The Bertz CT molecular complexity index is 411. The van der Waals surface area contributed by atoms with Crippen molar-refractivity contribution in [1.82, 2.24) is 0 Å². The molecule has 0 heterocycles. The molecule has 1 rings (SSSR count). The lowest BCUT2D eigenvalue weighted by Gasteiger charge is -2.18. The highest BCUT2D eigenvalue weighted by Gasteiger charge is 2.22. The summed E-state index contributed by atoms with van der Waals surface area (Å²) < 4.78 is 30.9. The van der Waals surface area contributed by atoms with Crippen LogP contribution in [0.25, 0.3) is 0 Å². The maximum absolute atomic E-state index is 11.9. The molecule has 0 N–H and O–H groups in total. The monoisotopic (exact) mass is 390 g/mol. The summed E-state index contributed by atoms with van der Waals surface area (Å²) in [6.45, 7) is 2.69. The summed E-state index contributed by atoms with van der Waals surface area (Å²) in [5, 5.41) is 0. The van der Waals surface area contributed by atoms with Crippen LogP contribution in [0.5, 0.6) is 0 Å². The van der Waals surface area contributed by atoms with Crippen LogP contribution in [0.1, 0.15) is 58.3 Å². The lowest BCUT2D eigenvalue weighted by atomic mass is 10.1. The van der Waals surface area contributed by atoms with Crippen molar-refractivity contribution in [3.05, 3.63) is 0 Å². The largest absolute Gasteiger partial charge is 0.508 e. The summed E-state index contributed by atoms with van der Waals surface area (Å²) in [5.74, 6) is 0. The van der Waals surface area contributed by atoms with Gasteiger partial charge in [0.05, 0.1) is 12.7 Å². The predicted molar refractivity (Wildman–Crippen MR) is 97.7 cm³/mol. The van der Waals surface area contributed by atoms with Crippen LogP contribution in [0, 0.1) is 0 Å². The molecule has 3 unspecified atom stereocenters. The van der Waals surface area contributed by atoms with Crippen molar-refractivity contribution in [2.45, 2.75) is 76.6 Å². The van der Waals surface area contributed by atoms with Gasteiger partial charge < -0.3 is 28.4 Å².